The minimum absolute atomic E-state index is 0.0334. The highest BCUT2D eigenvalue weighted by Gasteiger charge is 2.12. The molecule has 0 radical (unpaired) electrons. The molecule has 0 saturated heterocycles. The molecule has 1 aromatic heterocycles. The highest BCUT2D eigenvalue weighted by atomic mass is 16.3. The third-order valence-corrected chi connectivity index (χ3v) is 2.70. The molecule has 4 nitrogen and oxygen atoms in total. The Morgan fingerprint density at radius 1 is 1.59 bits per heavy atom. The Hall–Kier alpha value is -1.29. The second kappa shape index (κ2) is 7.12. The Morgan fingerprint density at radius 3 is 3.00 bits per heavy atom. The number of aryl methyl sites for hydroxylation is 1. The fraction of sp³-hybridized carbons (Fsp3) is 0.615. The number of amides is 1. The van der Waals surface area contributed by atoms with E-state index in [-0.39, 0.29) is 18.6 Å². The van der Waals surface area contributed by atoms with Crippen LogP contribution in [0.3, 0.4) is 0 Å². The van der Waals surface area contributed by atoms with Gasteiger partial charge in [-0.05, 0) is 38.3 Å². The molecule has 4 heteroatoms. The molecule has 0 aliphatic rings. The van der Waals surface area contributed by atoms with Gasteiger partial charge in [-0.15, -0.1) is 0 Å². The summed E-state index contributed by atoms with van der Waals surface area (Å²) in [5.41, 5.74) is 0.711. The van der Waals surface area contributed by atoms with E-state index >= 15 is 0 Å². The quantitative estimate of drug-likeness (QED) is 0.761. The predicted octanol–water partition coefficient (Wildman–Crippen LogP) is 1.79. The molecule has 0 spiro atoms. The number of aliphatic hydroxyl groups is 1. The zero-order valence-corrected chi connectivity index (χ0v) is 10.6. The first-order valence-electron chi connectivity index (χ1n) is 6.26. The Balaban J connectivity index is 2.53. The average Bonchev–Trinajstić information content (AvgIpc) is 2.75. The topological polar surface area (TPSA) is 54.3 Å². The van der Waals surface area contributed by atoms with Crippen molar-refractivity contribution in [3.8, 4) is 0 Å². The van der Waals surface area contributed by atoms with Gasteiger partial charge in [0.15, 0.2) is 0 Å². The van der Waals surface area contributed by atoms with E-state index in [0.29, 0.717) is 5.69 Å². The Bertz CT molecular complexity index is 347. The van der Waals surface area contributed by atoms with Gasteiger partial charge in [-0.2, -0.15) is 0 Å². The van der Waals surface area contributed by atoms with E-state index in [2.05, 4.69) is 12.2 Å². The number of aromatic nitrogens is 1. The molecule has 17 heavy (non-hydrogen) atoms. The molecule has 0 aromatic carbocycles. The van der Waals surface area contributed by atoms with Crippen molar-refractivity contribution in [2.45, 2.75) is 45.7 Å². The smallest absolute Gasteiger partial charge is 0.268 e. The predicted molar refractivity (Wildman–Crippen MR) is 68.0 cm³/mol. The van der Waals surface area contributed by atoms with E-state index in [0.717, 1.165) is 25.8 Å². The van der Waals surface area contributed by atoms with Crippen molar-refractivity contribution in [2.24, 2.45) is 0 Å². The van der Waals surface area contributed by atoms with E-state index in [1.807, 2.05) is 29.8 Å². The van der Waals surface area contributed by atoms with Crippen LogP contribution in [0, 0.1) is 0 Å². The van der Waals surface area contributed by atoms with Gasteiger partial charge in [0, 0.05) is 25.4 Å². The summed E-state index contributed by atoms with van der Waals surface area (Å²) in [4.78, 5) is 12.0. The second-order valence-corrected chi connectivity index (χ2v) is 4.33. The van der Waals surface area contributed by atoms with Crippen LogP contribution in [0.15, 0.2) is 18.3 Å². The standard InChI is InChI=1S/C13H22N2O2/c1-3-8-15-9-4-7-12(15)13(17)14-11(2)6-5-10-16/h4,7,9,11,16H,3,5-6,8,10H2,1-2H3,(H,14,17). The fourth-order valence-electron chi connectivity index (χ4n) is 1.82. The summed E-state index contributed by atoms with van der Waals surface area (Å²) in [6, 6.07) is 3.83. The van der Waals surface area contributed by atoms with Crippen LogP contribution >= 0.6 is 0 Å². The molecule has 0 aliphatic carbocycles. The summed E-state index contributed by atoms with van der Waals surface area (Å²) in [5.74, 6) is -0.0334. The second-order valence-electron chi connectivity index (χ2n) is 4.33. The van der Waals surface area contributed by atoms with Gasteiger partial charge in [-0.25, -0.2) is 0 Å². The number of rotatable bonds is 7. The average molecular weight is 238 g/mol. The molecular weight excluding hydrogens is 216 g/mol. The van der Waals surface area contributed by atoms with Gasteiger partial charge >= 0.3 is 0 Å². The van der Waals surface area contributed by atoms with E-state index in [4.69, 9.17) is 5.11 Å². The molecule has 1 amide bonds. The van der Waals surface area contributed by atoms with Crippen molar-refractivity contribution >= 4 is 5.91 Å². The third kappa shape index (κ3) is 4.23. The first kappa shape index (κ1) is 13.8. The SMILES string of the molecule is CCCn1cccc1C(=O)NC(C)CCCO. The molecule has 1 heterocycles. The van der Waals surface area contributed by atoms with Crippen molar-refractivity contribution in [3.63, 3.8) is 0 Å². The van der Waals surface area contributed by atoms with Crippen molar-refractivity contribution in [1.29, 1.82) is 0 Å². The number of aliphatic hydroxyl groups excluding tert-OH is 1. The zero-order valence-electron chi connectivity index (χ0n) is 10.6. The molecule has 0 aliphatic heterocycles. The third-order valence-electron chi connectivity index (χ3n) is 2.70. The number of hydrogen-bond donors (Lipinski definition) is 2. The Morgan fingerprint density at radius 2 is 2.35 bits per heavy atom. The minimum Gasteiger partial charge on any atom is -0.396 e. The lowest BCUT2D eigenvalue weighted by molar-refractivity contribution is 0.0927. The summed E-state index contributed by atoms with van der Waals surface area (Å²) in [7, 11) is 0. The van der Waals surface area contributed by atoms with Crippen molar-refractivity contribution in [3.05, 3.63) is 24.0 Å². The van der Waals surface area contributed by atoms with Gasteiger partial charge in [0.1, 0.15) is 5.69 Å². The molecule has 0 bridgehead atoms. The zero-order chi connectivity index (χ0) is 12.7. The van der Waals surface area contributed by atoms with Crippen LogP contribution < -0.4 is 5.32 Å². The van der Waals surface area contributed by atoms with Gasteiger partial charge in [0.2, 0.25) is 0 Å². The maximum Gasteiger partial charge on any atom is 0.268 e. The molecule has 1 unspecified atom stereocenters. The summed E-state index contributed by atoms with van der Waals surface area (Å²) >= 11 is 0. The Labute approximate surface area is 103 Å². The maximum atomic E-state index is 12.0. The highest BCUT2D eigenvalue weighted by molar-refractivity contribution is 5.92. The van der Waals surface area contributed by atoms with Crippen LogP contribution in [-0.4, -0.2) is 28.2 Å². The lowest BCUT2D eigenvalue weighted by atomic mass is 10.2. The van der Waals surface area contributed by atoms with Crippen molar-refractivity contribution in [2.75, 3.05) is 6.61 Å². The molecule has 1 atom stereocenters. The molecule has 2 N–H and O–H groups in total. The van der Waals surface area contributed by atoms with E-state index < -0.39 is 0 Å². The van der Waals surface area contributed by atoms with Crippen LogP contribution in [0.4, 0.5) is 0 Å². The molecule has 1 rings (SSSR count). The van der Waals surface area contributed by atoms with E-state index in [9.17, 15) is 4.79 Å². The molecule has 0 fully saturated rings. The van der Waals surface area contributed by atoms with Crippen LogP contribution in [0.1, 0.15) is 43.6 Å². The monoisotopic (exact) mass is 238 g/mol. The van der Waals surface area contributed by atoms with Crippen LogP contribution in [-0.2, 0) is 6.54 Å². The first-order chi connectivity index (χ1) is 8.19. The van der Waals surface area contributed by atoms with Gasteiger partial charge in [0.05, 0.1) is 0 Å². The fourth-order valence-corrected chi connectivity index (χ4v) is 1.82. The van der Waals surface area contributed by atoms with E-state index in [1.165, 1.54) is 0 Å². The first-order valence-corrected chi connectivity index (χ1v) is 6.26. The summed E-state index contributed by atoms with van der Waals surface area (Å²) in [6.07, 6.45) is 4.46. The number of nitrogens with zero attached hydrogens (tertiary/aromatic N) is 1. The molecule has 0 saturated carbocycles. The van der Waals surface area contributed by atoms with Crippen LogP contribution in [0.5, 0.6) is 0 Å². The molecule has 1 aromatic rings. The Kier molecular flexibility index (Phi) is 5.77. The molecule has 96 valence electrons. The van der Waals surface area contributed by atoms with Crippen LogP contribution in [0.2, 0.25) is 0 Å². The van der Waals surface area contributed by atoms with Gasteiger partial charge < -0.3 is 15.0 Å². The minimum atomic E-state index is -0.0334. The van der Waals surface area contributed by atoms with Gasteiger partial charge in [-0.1, -0.05) is 6.92 Å². The number of carbonyl (C=O) groups excluding carboxylic acids is 1. The lowest BCUT2D eigenvalue weighted by Crippen LogP contribution is -2.34. The number of nitrogens with one attached hydrogen (secondary N) is 1. The van der Waals surface area contributed by atoms with Crippen LogP contribution in [0.25, 0.3) is 0 Å². The van der Waals surface area contributed by atoms with Crippen molar-refractivity contribution in [1.82, 2.24) is 9.88 Å². The number of hydrogen-bond acceptors (Lipinski definition) is 2. The largest absolute Gasteiger partial charge is 0.396 e. The summed E-state index contributed by atoms with van der Waals surface area (Å²) < 4.78 is 1.97. The number of carbonyl (C=O) groups is 1. The van der Waals surface area contributed by atoms with Gasteiger partial charge in [-0.3, -0.25) is 4.79 Å². The van der Waals surface area contributed by atoms with E-state index in [1.54, 1.807) is 0 Å². The summed E-state index contributed by atoms with van der Waals surface area (Å²) in [5, 5.41) is 11.7. The normalized spacial score (nSPS) is 12.4. The lowest BCUT2D eigenvalue weighted by Gasteiger charge is -2.14. The maximum absolute atomic E-state index is 12.0. The summed E-state index contributed by atoms with van der Waals surface area (Å²) in [6.45, 7) is 5.08. The van der Waals surface area contributed by atoms with Crippen molar-refractivity contribution < 1.29 is 9.90 Å². The van der Waals surface area contributed by atoms with Gasteiger partial charge in [0.25, 0.3) is 5.91 Å². The molecular formula is C13H22N2O2. The highest BCUT2D eigenvalue weighted by Crippen LogP contribution is 2.05.